The number of primary sulfonamides is 1. The van der Waals surface area contributed by atoms with Crippen molar-refractivity contribution in [2.45, 2.75) is 62.3 Å². The van der Waals surface area contributed by atoms with E-state index in [0.29, 0.717) is 36.1 Å². The maximum Gasteiger partial charge on any atom is 0.214 e. The van der Waals surface area contributed by atoms with Gasteiger partial charge in [0.1, 0.15) is 0 Å². The largest absolute Gasteiger partial charge is 0.463 e. The maximum atomic E-state index is 12.4. The first-order valence-electron chi connectivity index (χ1n) is 10.1. The van der Waals surface area contributed by atoms with E-state index in [1.54, 1.807) is 26.0 Å². The molecule has 5 rings (SSSR count). The molecule has 0 radical (unpaired) electrons. The van der Waals surface area contributed by atoms with E-state index in [4.69, 9.17) is 26.9 Å². The molecule has 2 unspecified atom stereocenters. The minimum absolute atomic E-state index is 0.0130. The summed E-state index contributed by atoms with van der Waals surface area (Å²) in [6.45, 7) is 3.44. The number of nitrogens with zero attached hydrogens (tertiary/aromatic N) is 3. The van der Waals surface area contributed by atoms with Crippen molar-refractivity contribution in [1.29, 1.82) is 10.7 Å². The van der Waals surface area contributed by atoms with Crippen molar-refractivity contribution in [3.05, 3.63) is 23.4 Å². The summed E-state index contributed by atoms with van der Waals surface area (Å²) in [6, 6.07) is 3.05. The molecule has 0 amide bonds. The molecule has 3 N–H and O–H groups in total. The predicted octanol–water partition coefficient (Wildman–Crippen LogP) is 2.89. The lowest BCUT2D eigenvalue weighted by Crippen LogP contribution is -2.66. The van der Waals surface area contributed by atoms with Crippen LogP contribution in [0.25, 0.3) is 0 Å². The Morgan fingerprint density at radius 3 is 2.50 bits per heavy atom. The fourth-order valence-corrected chi connectivity index (χ4v) is 7.45. The van der Waals surface area contributed by atoms with Gasteiger partial charge in [-0.25, -0.2) is 18.5 Å². The predicted molar refractivity (Wildman–Crippen MR) is 112 cm³/mol. The van der Waals surface area contributed by atoms with Gasteiger partial charge in [-0.3, -0.25) is 10.3 Å². The Labute approximate surface area is 181 Å². The average Bonchev–Trinajstić information content (AvgIpc) is 2.64. The molecule has 4 fully saturated rings. The normalized spacial score (nSPS) is 32.5. The van der Waals surface area contributed by atoms with Crippen LogP contribution in [0.3, 0.4) is 0 Å². The van der Waals surface area contributed by atoms with E-state index in [1.165, 1.54) is 11.1 Å². The number of pyridine rings is 1. The summed E-state index contributed by atoms with van der Waals surface area (Å²) < 4.78 is 29.8. The topological polar surface area (TPSA) is 133 Å². The van der Waals surface area contributed by atoms with Crippen molar-refractivity contribution in [2.24, 2.45) is 22.9 Å². The molecule has 1 heterocycles. The molecule has 0 aromatic carbocycles. The zero-order valence-electron chi connectivity index (χ0n) is 17.0. The van der Waals surface area contributed by atoms with E-state index in [0.717, 1.165) is 12.8 Å². The van der Waals surface area contributed by atoms with Crippen LogP contribution < -0.4 is 9.88 Å². The van der Waals surface area contributed by atoms with Crippen LogP contribution in [-0.2, 0) is 10.0 Å². The molecule has 0 saturated heterocycles. The monoisotopic (exact) mass is 451 g/mol. The van der Waals surface area contributed by atoms with E-state index in [-0.39, 0.29) is 23.7 Å². The number of hydrogen-bond acceptors (Lipinski definition) is 6. The molecule has 4 saturated carbocycles. The second kappa shape index (κ2) is 7.08. The third kappa shape index (κ3) is 3.45. The minimum Gasteiger partial charge on any atom is -0.463 e. The van der Waals surface area contributed by atoms with Gasteiger partial charge in [0.25, 0.3) is 0 Å². The Morgan fingerprint density at radius 1 is 1.37 bits per heavy atom. The average molecular weight is 452 g/mol. The summed E-state index contributed by atoms with van der Waals surface area (Å²) in [5.41, 5.74) is -1.11. The first-order chi connectivity index (χ1) is 14.0. The molecule has 1 aromatic heterocycles. The van der Waals surface area contributed by atoms with Crippen LogP contribution in [0.5, 0.6) is 5.88 Å². The fourth-order valence-electron chi connectivity index (χ4n) is 5.98. The lowest BCUT2D eigenvalue weighted by molar-refractivity contribution is -0.0245. The highest BCUT2D eigenvalue weighted by molar-refractivity contribution is 7.90. The molecule has 162 valence electrons. The summed E-state index contributed by atoms with van der Waals surface area (Å²) in [5, 5.41) is 24.9. The molecule has 30 heavy (non-hydrogen) atoms. The van der Waals surface area contributed by atoms with Gasteiger partial charge in [-0.1, -0.05) is 11.6 Å². The van der Waals surface area contributed by atoms with Crippen molar-refractivity contribution >= 4 is 27.5 Å². The summed E-state index contributed by atoms with van der Waals surface area (Å²) in [4.78, 5) is 5.55. The number of nitrogens with two attached hydrogens (primary N) is 1. The summed E-state index contributed by atoms with van der Waals surface area (Å²) in [7, 11) is -3.67. The Morgan fingerprint density at radius 2 is 2.00 bits per heavy atom. The molecule has 4 bridgehead atoms. The third-order valence-electron chi connectivity index (χ3n) is 7.05. The smallest absolute Gasteiger partial charge is 0.214 e. The van der Waals surface area contributed by atoms with Crippen LogP contribution in [0, 0.1) is 34.6 Å². The van der Waals surface area contributed by atoms with E-state index in [9.17, 15) is 13.7 Å². The van der Waals surface area contributed by atoms with Gasteiger partial charge in [-0.05, 0) is 69.8 Å². The van der Waals surface area contributed by atoms with E-state index in [1.807, 2.05) is 0 Å². The number of halogens is 1. The maximum absolute atomic E-state index is 12.4. The van der Waals surface area contributed by atoms with Crippen LogP contribution in [0.1, 0.15) is 46.0 Å². The third-order valence-corrected chi connectivity index (χ3v) is 8.98. The number of aromatic nitrogens is 1. The van der Waals surface area contributed by atoms with Gasteiger partial charge >= 0.3 is 0 Å². The molecule has 2 atom stereocenters. The lowest BCUT2D eigenvalue weighted by Gasteiger charge is -2.60. The van der Waals surface area contributed by atoms with Crippen LogP contribution >= 0.6 is 11.6 Å². The zero-order chi connectivity index (χ0) is 21.9. The Kier molecular flexibility index (Phi) is 5.03. The molecule has 8 nitrogen and oxygen atoms in total. The van der Waals surface area contributed by atoms with Crippen molar-refractivity contribution in [3.63, 3.8) is 0 Å². The zero-order valence-corrected chi connectivity index (χ0v) is 18.6. The molecule has 0 aliphatic heterocycles. The molecule has 4 aliphatic rings. The molecule has 4 aliphatic carbocycles. The van der Waals surface area contributed by atoms with E-state index in [2.05, 4.69) is 11.2 Å². The highest BCUT2D eigenvalue weighted by Crippen LogP contribution is 2.59. The SMILES string of the molecule is CC(C)(Oc1ccc(Cl)cn1)C(=N)N(C#N)C1C2CC3CC1CC(S(N)(=O)=O)(C3)C2. The van der Waals surface area contributed by atoms with Gasteiger partial charge < -0.3 is 4.74 Å². The first kappa shape index (κ1) is 21.3. The van der Waals surface area contributed by atoms with Crippen molar-refractivity contribution in [1.82, 2.24) is 9.88 Å². The summed E-state index contributed by atoms with van der Waals surface area (Å²) in [6.07, 6.45) is 6.90. The molecule has 1 aromatic rings. The fraction of sp³-hybridized carbons (Fsp3) is 0.650. The molecule has 0 spiro atoms. The minimum atomic E-state index is -3.67. The Balaban J connectivity index is 1.58. The molecular formula is C20H26ClN5O3S. The van der Waals surface area contributed by atoms with Crippen molar-refractivity contribution < 1.29 is 13.2 Å². The number of nitriles is 1. The van der Waals surface area contributed by atoms with Crippen LogP contribution in [0.4, 0.5) is 0 Å². The quantitative estimate of drug-likeness (QED) is 0.306. The van der Waals surface area contributed by atoms with Crippen LogP contribution in [0.2, 0.25) is 5.02 Å². The standard InChI is InChI=1S/C20H26ClN5O3S/c1-19(2,29-16-4-3-15(21)10-25-16)18(23)26(11-22)17-13-5-12-6-14(17)9-20(7-12,8-13)30(24,27)28/h3-4,10,12-14,17,23H,5-9H2,1-2H3,(H2,24,27,28). The number of ether oxygens (including phenoxy) is 1. The van der Waals surface area contributed by atoms with Crippen LogP contribution in [0.15, 0.2) is 18.3 Å². The lowest BCUT2D eigenvalue weighted by atomic mass is 9.53. The van der Waals surface area contributed by atoms with Gasteiger partial charge in [0.05, 0.1) is 15.8 Å². The highest BCUT2D eigenvalue weighted by Gasteiger charge is 2.61. The molecule has 10 heteroatoms. The van der Waals surface area contributed by atoms with E-state index >= 15 is 0 Å². The Bertz CT molecular complexity index is 988. The number of rotatable bonds is 5. The second-order valence-corrected chi connectivity index (χ2v) is 11.8. The van der Waals surface area contributed by atoms with Crippen molar-refractivity contribution in [2.75, 3.05) is 0 Å². The van der Waals surface area contributed by atoms with Gasteiger partial charge in [0.15, 0.2) is 17.6 Å². The van der Waals surface area contributed by atoms with Gasteiger partial charge in [0.2, 0.25) is 15.9 Å². The second-order valence-electron chi connectivity index (χ2n) is 9.43. The number of sulfonamides is 1. The van der Waals surface area contributed by atoms with Crippen molar-refractivity contribution in [3.8, 4) is 12.1 Å². The number of nitrogens with one attached hydrogen (secondary N) is 1. The van der Waals surface area contributed by atoms with Gasteiger partial charge in [-0.2, -0.15) is 5.26 Å². The number of hydrogen-bond donors (Lipinski definition) is 2. The molecular weight excluding hydrogens is 426 g/mol. The Hall–Kier alpha value is -1.89. The van der Waals surface area contributed by atoms with Crippen LogP contribution in [-0.4, -0.2) is 40.5 Å². The summed E-state index contributed by atoms with van der Waals surface area (Å²) in [5.74, 6) is 0.682. The van der Waals surface area contributed by atoms with E-state index < -0.39 is 20.4 Å². The number of amidine groups is 1. The highest BCUT2D eigenvalue weighted by atomic mass is 35.5. The van der Waals surface area contributed by atoms with Gasteiger partial charge in [0, 0.05) is 12.3 Å². The van der Waals surface area contributed by atoms with Gasteiger partial charge in [-0.15, -0.1) is 0 Å². The first-order valence-corrected chi connectivity index (χ1v) is 12.0. The summed E-state index contributed by atoms with van der Waals surface area (Å²) >= 11 is 5.87.